The molecule has 21 heavy (non-hydrogen) atoms. The minimum atomic E-state index is -0.153. The van der Waals surface area contributed by atoms with Crippen LogP contribution in [0.5, 0.6) is 0 Å². The van der Waals surface area contributed by atoms with Crippen LogP contribution >= 0.6 is 0 Å². The van der Waals surface area contributed by atoms with Gasteiger partial charge in [-0.3, -0.25) is 0 Å². The molecule has 3 rings (SSSR count). The van der Waals surface area contributed by atoms with E-state index in [0.29, 0.717) is 17.7 Å². The van der Waals surface area contributed by atoms with E-state index in [4.69, 9.17) is 4.52 Å². The summed E-state index contributed by atoms with van der Waals surface area (Å²) in [6, 6.07) is -0.0560. The first-order valence-corrected chi connectivity index (χ1v) is 6.87. The Morgan fingerprint density at radius 1 is 1.24 bits per heavy atom. The number of aromatic nitrogens is 6. The Morgan fingerprint density at radius 3 is 2.57 bits per heavy atom. The van der Waals surface area contributed by atoms with Crippen molar-refractivity contribution in [2.24, 2.45) is 0 Å². The molecule has 8 nitrogen and oxygen atoms in total. The first-order chi connectivity index (χ1) is 9.80. The minimum absolute atomic E-state index is 0.0560. The average molecular weight is 289 g/mol. The Labute approximate surface area is 122 Å². The van der Waals surface area contributed by atoms with Gasteiger partial charge in [0.05, 0.1) is 11.6 Å². The zero-order chi connectivity index (χ0) is 15.4. The standard InChI is InChI=1S/C13H19N7O/c1-7-9(10-14-11(16-21-10)13(3,4)5)8(2)20-12(19(7)6)15-17-18-20/h8H,1-6H3. The third kappa shape index (κ3) is 2.01. The lowest BCUT2D eigenvalue weighted by atomic mass is 9.96. The van der Waals surface area contributed by atoms with Crippen molar-refractivity contribution in [1.82, 2.24) is 30.3 Å². The van der Waals surface area contributed by atoms with Gasteiger partial charge in [0.25, 0.3) is 5.89 Å². The molecule has 3 heterocycles. The first-order valence-electron chi connectivity index (χ1n) is 6.87. The van der Waals surface area contributed by atoms with Gasteiger partial charge < -0.3 is 9.42 Å². The van der Waals surface area contributed by atoms with Crippen molar-refractivity contribution in [2.45, 2.75) is 46.1 Å². The summed E-state index contributed by atoms with van der Waals surface area (Å²) in [5.74, 6) is 1.92. The van der Waals surface area contributed by atoms with Crippen molar-refractivity contribution < 1.29 is 4.52 Å². The van der Waals surface area contributed by atoms with Crippen LogP contribution in [-0.4, -0.2) is 37.4 Å². The molecular formula is C13H19N7O. The third-order valence-corrected chi connectivity index (χ3v) is 3.78. The van der Waals surface area contributed by atoms with E-state index in [-0.39, 0.29) is 11.5 Å². The molecule has 112 valence electrons. The smallest absolute Gasteiger partial charge is 0.257 e. The van der Waals surface area contributed by atoms with Crippen LogP contribution in [0, 0.1) is 0 Å². The van der Waals surface area contributed by atoms with Crippen molar-refractivity contribution >= 4 is 11.5 Å². The molecule has 8 heteroatoms. The van der Waals surface area contributed by atoms with Crippen molar-refractivity contribution in [3.05, 3.63) is 17.4 Å². The largest absolute Gasteiger partial charge is 0.334 e. The van der Waals surface area contributed by atoms with Crippen LogP contribution in [0.1, 0.15) is 52.4 Å². The molecule has 0 spiro atoms. The van der Waals surface area contributed by atoms with Gasteiger partial charge in [-0.05, 0) is 24.3 Å². The second kappa shape index (κ2) is 4.37. The number of hydrogen-bond donors (Lipinski definition) is 0. The van der Waals surface area contributed by atoms with Crippen molar-refractivity contribution in [1.29, 1.82) is 0 Å². The molecule has 2 aromatic heterocycles. The second-order valence-electron chi connectivity index (χ2n) is 6.33. The molecule has 1 unspecified atom stereocenters. The maximum atomic E-state index is 5.48. The molecule has 0 radical (unpaired) electrons. The highest BCUT2D eigenvalue weighted by Crippen LogP contribution is 2.37. The van der Waals surface area contributed by atoms with E-state index >= 15 is 0 Å². The van der Waals surface area contributed by atoms with Crippen LogP contribution in [0.15, 0.2) is 10.2 Å². The lowest BCUT2D eigenvalue weighted by Gasteiger charge is -2.29. The van der Waals surface area contributed by atoms with Gasteiger partial charge in [-0.15, -0.1) is 0 Å². The number of rotatable bonds is 1. The normalized spacial score (nSPS) is 19.1. The summed E-state index contributed by atoms with van der Waals surface area (Å²) in [5, 5.41) is 15.9. The second-order valence-corrected chi connectivity index (χ2v) is 6.33. The van der Waals surface area contributed by atoms with Crippen LogP contribution in [0.25, 0.3) is 5.57 Å². The molecule has 0 saturated heterocycles. The Morgan fingerprint density at radius 2 is 1.95 bits per heavy atom. The maximum absolute atomic E-state index is 5.48. The first kappa shape index (κ1) is 13.7. The summed E-state index contributed by atoms with van der Waals surface area (Å²) in [6.07, 6.45) is 0. The summed E-state index contributed by atoms with van der Waals surface area (Å²) >= 11 is 0. The average Bonchev–Trinajstić information content (AvgIpc) is 3.04. The van der Waals surface area contributed by atoms with Crippen LogP contribution in [0.4, 0.5) is 5.95 Å². The van der Waals surface area contributed by atoms with Gasteiger partial charge in [0.2, 0.25) is 5.95 Å². The molecule has 1 atom stereocenters. The van der Waals surface area contributed by atoms with Crippen LogP contribution < -0.4 is 4.90 Å². The van der Waals surface area contributed by atoms with Crippen molar-refractivity contribution in [3.63, 3.8) is 0 Å². The Hall–Kier alpha value is -2.25. The molecule has 1 aliphatic rings. The number of fused-ring (bicyclic) bond motifs is 1. The monoisotopic (exact) mass is 289 g/mol. The fraction of sp³-hybridized carbons (Fsp3) is 0.615. The SMILES string of the molecule is CC1=C(c2nc(C(C)(C)C)no2)C(C)n2nnnc2N1C. The number of tetrazole rings is 1. The van der Waals surface area contributed by atoms with E-state index in [2.05, 4.69) is 46.4 Å². The highest BCUT2D eigenvalue weighted by molar-refractivity contribution is 5.71. The van der Waals surface area contributed by atoms with Gasteiger partial charge in [0.1, 0.15) is 0 Å². The lowest BCUT2D eigenvalue weighted by molar-refractivity contribution is 0.379. The molecular weight excluding hydrogens is 270 g/mol. The molecule has 0 amide bonds. The van der Waals surface area contributed by atoms with Crippen LogP contribution in [0.3, 0.4) is 0 Å². The Kier molecular flexibility index (Phi) is 2.86. The number of anilines is 1. The van der Waals surface area contributed by atoms with Gasteiger partial charge in [-0.1, -0.05) is 31.0 Å². The molecule has 0 aliphatic carbocycles. The van der Waals surface area contributed by atoms with Gasteiger partial charge in [0.15, 0.2) is 5.82 Å². The number of nitrogens with zero attached hydrogens (tertiary/aromatic N) is 7. The minimum Gasteiger partial charge on any atom is -0.334 e. The molecule has 0 saturated carbocycles. The van der Waals surface area contributed by atoms with Crippen LogP contribution in [-0.2, 0) is 5.41 Å². The fourth-order valence-corrected chi connectivity index (χ4v) is 2.39. The maximum Gasteiger partial charge on any atom is 0.257 e. The van der Waals surface area contributed by atoms with Crippen molar-refractivity contribution in [3.8, 4) is 0 Å². The molecule has 0 aromatic carbocycles. The summed E-state index contributed by atoms with van der Waals surface area (Å²) < 4.78 is 7.24. The zero-order valence-corrected chi connectivity index (χ0v) is 13.1. The number of hydrogen-bond acceptors (Lipinski definition) is 7. The Bertz CT molecular complexity index is 706. The van der Waals surface area contributed by atoms with Gasteiger partial charge in [0, 0.05) is 18.2 Å². The van der Waals surface area contributed by atoms with E-state index in [9.17, 15) is 0 Å². The molecule has 1 aliphatic heterocycles. The predicted molar refractivity (Wildman–Crippen MR) is 76.5 cm³/mol. The highest BCUT2D eigenvalue weighted by Gasteiger charge is 2.33. The summed E-state index contributed by atoms with van der Waals surface area (Å²) in [6.45, 7) is 10.2. The fourth-order valence-electron chi connectivity index (χ4n) is 2.39. The van der Waals surface area contributed by atoms with E-state index in [1.54, 1.807) is 4.68 Å². The molecule has 0 bridgehead atoms. The summed E-state index contributed by atoms with van der Waals surface area (Å²) in [5.41, 5.74) is 1.80. The molecule has 0 fully saturated rings. The van der Waals surface area contributed by atoms with Crippen molar-refractivity contribution in [2.75, 3.05) is 11.9 Å². The third-order valence-electron chi connectivity index (χ3n) is 3.78. The molecule has 0 N–H and O–H groups in total. The Balaban J connectivity index is 2.09. The quantitative estimate of drug-likeness (QED) is 0.791. The van der Waals surface area contributed by atoms with Gasteiger partial charge in [-0.25, -0.2) is 4.68 Å². The van der Waals surface area contributed by atoms with Gasteiger partial charge in [-0.2, -0.15) is 4.98 Å². The van der Waals surface area contributed by atoms with E-state index in [1.807, 2.05) is 25.8 Å². The highest BCUT2D eigenvalue weighted by atomic mass is 16.5. The lowest BCUT2D eigenvalue weighted by Crippen LogP contribution is -2.29. The van der Waals surface area contributed by atoms with Crippen LogP contribution in [0.2, 0.25) is 0 Å². The summed E-state index contributed by atoms with van der Waals surface area (Å²) in [4.78, 5) is 6.48. The topological polar surface area (TPSA) is 85.8 Å². The molecule has 2 aromatic rings. The predicted octanol–water partition coefficient (Wildman–Crippen LogP) is 1.80. The number of allylic oxidation sites excluding steroid dienone is 2. The zero-order valence-electron chi connectivity index (χ0n) is 13.1. The summed E-state index contributed by atoms with van der Waals surface area (Å²) in [7, 11) is 1.92. The van der Waals surface area contributed by atoms with E-state index in [1.165, 1.54) is 0 Å². The van der Waals surface area contributed by atoms with Gasteiger partial charge >= 0.3 is 0 Å². The van der Waals surface area contributed by atoms with E-state index in [0.717, 1.165) is 11.3 Å². The van der Waals surface area contributed by atoms with E-state index < -0.39 is 0 Å².